The number of benzene rings is 2. The Morgan fingerprint density at radius 3 is 2.48 bits per heavy atom. The minimum Gasteiger partial charge on any atom is -0.497 e. The van der Waals surface area contributed by atoms with Gasteiger partial charge in [0, 0.05) is 12.8 Å². The Hall–Kier alpha value is -2.16. The number of halogens is 1. The van der Waals surface area contributed by atoms with Crippen LogP contribution in [-0.4, -0.2) is 12.9 Å². The fraction of sp³-hybridized carbons (Fsp3) is 0.278. The first kappa shape index (κ1) is 15.2. The summed E-state index contributed by atoms with van der Waals surface area (Å²) in [5.74, 6) is 0.717. The summed E-state index contributed by atoms with van der Waals surface area (Å²) in [5.41, 5.74) is 2.84. The highest BCUT2D eigenvalue weighted by molar-refractivity contribution is 5.81. The van der Waals surface area contributed by atoms with Crippen LogP contribution < -0.4 is 4.74 Å². The van der Waals surface area contributed by atoms with E-state index < -0.39 is 0 Å². The number of carbonyl (C=O) groups excluding carboxylic acids is 1. The molecule has 0 spiro atoms. The van der Waals surface area contributed by atoms with E-state index in [2.05, 4.69) is 0 Å². The van der Waals surface area contributed by atoms with Crippen LogP contribution in [0.5, 0.6) is 5.75 Å². The van der Waals surface area contributed by atoms with Crippen molar-refractivity contribution < 1.29 is 13.9 Å². The van der Waals surface area contributed by atoms with Crippen molar-refractivity contribution in [1.29, 1.82) is 0 Å². The average Bonchev–Trinajstić information content (AvgIpc) is 2.48. The Labute approximate surface area is 124 Å². The summed E-state index contributed by atoms with van der Waals surface area (Å²) in [6, 6.07) is 12.3. The smallest absolute Gasteiger partial charge is 0.137 e. The molecule has 21 heavy (non-hydrogen) atoms. The summed E-state index contributed by atoms with van der Waals surface area (Å²) >= 11 is 0. The van der Waals surface area contributed by atoms with Crippen molar-refractivity contribution in [2.75, 3.05) is 7.11 Å². The molecular formula is C18H19FO2. The lowest BCUT2D eigenvalue weighted by molar-refractivity contribution is -0.118. The molecule has 0 bridgehead atoms. The van der Waals surface area contributed by atoms with Crippen molar-refractivity contribution in [2.45, 2.75) is 26.2 Å². The van der Waals surface area contributed by atoms with Crippen molar-refractivity contribution in [3.8, 4) is 5.75 Å². The van der Waals surface area contributed by atoms with Gasteiger partial charge in [-0.05, 0) is 54.3 Å². The van der Waals surface area contributed by atoms with Gasteiger partial charge in [0.25, 0.3) is 0 Å². The normalized spacial score (nSPS) is 10.4. The summed E-state index contributed by atoms with van der Waals surface area (Å²) in [7, 11) is 1.63. The van der Waals surface area contributed by atoms with Gasteiger partial charge >= 0.3 is 0 Å². The van der Waals surface area contributed by atoms with E-state index in [-0.39, 0.29) is 11.6 Å². The number of aryl methyl sites for hydroxylation is 2. The van der Waals surface area contributed by atoms with E-state index in [4.69, 9.17) is 4.74 Å². The maximum Gasteiger partial charge on any atom is 0.137 e. The van der Waals surface area contributed by atoms with Gasteiger partial charge in [0.1, 0.15) is 17.3 Å². The summed E-state index contributed by atoms with van der Waals surface area (Å²) in [6.07, 6.45) is 1.56. The minimum atomic E-state index is -0.262. The molecule has 0 aliphatic carbocycles. The number of methoxy groups -OCH3 is 1. The predicted molar refractivity (Wildman–Crippen MR) is 81.2 cm³/mol. The highest BCUT2D eigenvalue weighted by atomic mass is 19.1. The number of hydrogen-bond donors (Lipinski definition) is 0. The van der Waals surface area contributed by atoms with Gasteiger partial charge < -0.3 is 4.74 Å². The van der Waals surface area contributed by atoms with Crippen LogP contribution in [-0.2, 0) is 17.6 Å². The quantitative estimate of drug-likeness (QED) is 0.805. The van der Waals surface area contributed by atoms with Crippen LogP contribution in [0.3, 0.4) is 0 Å². The molecule has 2 nitrogen and oxygen atoms in total. The zero-order valence-corrected chi connectivity index (χ0v) is 12.4. The lowest BCUT2D eigenvalue weighted by Gasteiger charge is -2.06. The number of ether oxygens (including phenoxy) is 1. The molecule has 0 unspecified atom stereocenters. The highest BCUT2D eigenvalue weighted by Crippen LogP contribution is 2.15. The molecule has 0 saturated carbocycles. The molecule has 3 heteroatoms. The molecule has 0 aliphatic rings. The SMILES string of the molecule is COc1ccc(CCC(=O)Cc2ccc(F)cc2C)cc1. The Kier molecular flexibility index (Phi) is 5.09. The van der Waals surface area contributed by atoms with Crippen molar-refractivity contribution in [3.05, 3.63) is 65.0 Å². The van der Waals surface area contributed by atoms with Crippen LogP contribution in [0.4, 0.5) is 4.39 Å². The fourth-order valence-electron chi connectivity index (χ4n) is 2.23. The number of hydrogen-bond acceptors (Lipinski definition) is 2. The van der Waals surface area contributed by atoms with Crippen molar-refractivity contribution in [1.82, 2.24) is 0 Å². The first-order chi connectivity index (χ1) is 10.1. The molecule has 0 atom stereocenters. The molecule has 2 rings (SSSR count). The Balaban J connectivity index is 1.89. The van der Waals surface area contributed by atoms with Gasteiger partial charge in [-0.25, -0.2) is 4.39 Å². The summed E-state index contributed by atoms with van der Waals surface area (Å²) in [5, 5.41) is 0. The van der Waals surface area contributed by atoms with Crippen LogP contribution in [0.25, 0.3) is 0 Å². The maximum atomic E-state index is 13.0. The Morgan fingerprint density at radius 2 is 1.86 bits per heavy atom. The second-order valence-corrected chi connectivity index (χ2v) is 5.13. The lowest BCUT2D eigenvalue weighted by Crippen LogP contribution is -2.06. The first-order valence-corrected chi connectivity index (χ1v) is 6.98. The van der Waals surface area contributed by atoms with E-state index in [0.29, 0.717) is 19.3 Å². The van der Waals surface area contributed by atoms with E-state index in [1.165, 1.54) is 12.1 Å². The van der Waals surface area contributed by atoms with Crippen LogP contribution in [0.1, 0.15) is 23.1 Å². The average molecular weight is 286 g/mol. The zero-order chi connectivity index (χ0) is 15.2. The number of rotatable bonds is 6. The van der Waals surface area contributed by atoms with E-state index in [9.17, 15) is 9.18 Å². The van der Waals surface area contributed by atoms with Gasteiger partial charge in [0.05, 0.1) is 7.11 Å². The molecule has 2 aromatic rings. The summed E-state index contributed by atoms with van der Waals surface area (Å²) < 4.78 is 18.1. The molecule has 0 N–H and O–H groups in total. The number of Topliss-reactive ketones (excluding diaryl/α,β-unsaturated/α-hetero) is 1. The summed E-state index contributed by atoms with van der Waals surface area (Å²) in [6.45, 7) is 1.83. The van der Waals surface area contributed by atoms with Crippen molar-refractivity contribution in [3.63, 3.8) is 0 Å². The third-order valence-electron chi connectivity index (χ3n) is 3.54. The van der Waals surface area contributed by atoms with Crippen LogP contribution in [0.15, 0.2) is 42.5 Å². The van der Waals surface area contributed by atoms with Gasteiger partial charge in [0.15, 0.2) is 0 Å². The van der Waals surface area contributed by atoms with Crippen molar-refractivity contribution >= 4 is 5.78 Å². The predicted octanol–water partition coefficient (Wildman–Crippen LogP) is 3.89. The summed E-state index contributed by atoms with van der Waals surface area (Å²) in [4.78, 5) is 12.0. The Morgan fingerprint density at radius 1 is 1.14 bits per heavy atom. The van der Waals surface area contributed by atoms with Gasteiger partial charge in [-0.3, -0.25) is 4.79 Å². The topological polar surface area (TPSA) is 26.3 Å². The second kappa shape index (κ2) is 7.02. The largest absolute Gasteiger partial charge is 0.497 e. The third-order valence-corrected chi connectivity index (χ3v) is 3.54. The van der Waals surface area contributed by atoms with E-state index in [1.807, 2.05) is 31.2 Å². The van der Waals surface area contributed by atoms with Gasteiger partial charge in [-0.1, -0.05) is 18.2 Å². The zero-order valence-electron chi connectivity index (χ0n) is 12.4. The second-order valence-electron chi connectivity index (χ2n) is 5.13. The van der Waals surface area contributed by atoms with Crippen LogP contribution in [0.2, 0.25) is 0 Å². The van der Waals surface area contributed by atoms with Gasteiger partial charge in [-0.15, -0.1) is 0 Å². The fourth-order valence-corrected chi connectivity index (χ4v) is 2.23. The van der Waals surface area contributed by atoms with E-state index in [0.717, 1.165) is 22.4 Å². The molecule has 0 heterocycles. The molecule has 0 amide bonds. The van der Waals surface area contributed by atoms with E-state index >= 15 is 0 Å². The number of ketones is 1. The molecule has 0 fully saturated rings. The van der Waals surface area contributed by atoms with Gasteiger partial charge in [-0.2, -0.15) is 0 Å². The minimum absolute atomic E-state index is 0.167. The van der Waals surface area contributed by atoms with Gasteiger partial charge in [0.2, 0.25) is 0 Å². The molecule has 0 saturated heterocycles. The molecule has 110 valence electrons. The Bertz CT molecular complexity index is 618. The van der Waals surface area contributed by atoms with E-state index in [1.54, 1.807) is 13.2 Å². The molecule has 0 radical (unpaired) electrons. The monoisotopic (exact) mass is 286 g/mol. The molecule has 2 aromatic carbocycles. The molecule has 0 aliphatic heterocycles. The van der Waals surface area contributed by atoms with Crippen LogP contribution >= 0.6 is 0 Å². The number of carbonyl (C=O) groups is 1. The van der Waals surface area contributed by atoms with Crippen LogP contribution in [0, 0.1) is 12.7 Å². The van der Waals surface area contributed by atoms with Crippen molar-refractivity contribution in [2.24, 2.45) is 0 Å². The highest BCUT2D eigenvalue weighted by Gasteiger charge is 2.07. The molecular weight excluding hydrogens is 267 g/mol. The molecule has 0 aromatic heterocycles. The lowest BCUT2D eigenvalue weighted by atomic mass is 9.99. The standard InChI is InChI=1S/C18H19FO2/c1-13-11-16(19)7-6-15(13)12-17(20)8-3-14-4-9-18(21-2)10-5-14/h4-7,9-11H,3,8,12H2,1-2H3. The first-order valence-electron chi connectivity index (χ1n) is 6.98. The maximum absolute atomic E-state index is 13.0. The third kappa shape index (κ3) is 4.42.